The average Bonchev–Trinajstić information content (AvgIpc) is 3.45. The van der Waals surface area contributed by atoms with Crippen LogP contribution < -0.4 is 30.7 Å². The van der Waals surface area contributed by atoms with Gasteiger partial charge in [0.15, 0.2) is 5.82 Å². The lowest BCUT2D eigenvalue weighted by Crippen LogP contribution is -2.56. The zero-order chi connectivity index (χ0) is 36.5. The Bertz CT molecular complexity index is 1870. The number of nitrogens with one attached hydrogen (secondary N) is 4. The Kier molecular flexibility index (Phi) is 11.7. The van der Waals surface area contributed by atoms with Crippen LogP contribution in [0.1, 0.15) is 29.9 Å². The molecule has 1 aromatic heterocycles. The van der Waals surface area contributed by atoms with E-state index in [2.05, 4.69) is 31.3 Å². The maximum atomic E-state index is 13.8. The molecule has 4 amide bonds. The number of aromatic nitrogens is 3. The van der Waals surface area contributed by atoms with Crippen molar-refractivity contribution in [2.75, 3.05) is 39.5 Å². The monoisotopic (exact) mass is 710 g/mol. The molecule has 0 saturated heterocycles. The van der Waals surface area contributed by atoms with Crippen LogP contribution in [0, 0.1) is 0 Å². The van der Waals surface area contributed by atoms with Crippen LogP contribution in [0.25, 0.3) is 11.4 Å². The molecule has 0 fully saturated rings. The lowest BCUT2D eigenvalue weighted by Gasteiger charge is -2.25. The number of ether oxygens (including phenoxy) is 2. The number of hydrogen-bond acceptors (Lipinski definition) is 10. The fraction of sp³-hybridized carbons (Fsp3) is 0.351. The number of aliphatic hydroxyl groups excluding tert-OH is 1. The molecule has 4 aromatic rings. The van der Waals surface area contributed by atoms with Gasteiger partial charge in [-0.2, -0.15) is 5.10 Å². The van der Waals surface area contributed by atoms with Crippen LogP contribution >= 0.6 is 0 Å². The molecular weight excluding hydrogens is 668 g/mol. The van der Waals surface area contributed by atoms with Crippen LogP contribution in [0.4, 0.5) is 0 Å². The molecule has 4 heterocycles. The summed E-state index contributed by atoms with van der Waals surface area (Å²) in [7, 11) is 0. The minimum absolute atomic E-state index is 0.0118. The first kappa shape index (κ1) is 36.0. The predicted molar refractivity (Wildman–Crippen MR) is 189 cm³/mol. The number of carbonyl (C=O) groups is 4. The Balaban J connectivity index is 1.22. The van der Waals surface area contributed by atoms with Crippen molar-refractivity contribution in [1.82, 2.24) is 40.9 Å². The SMILES string of the molecule is C[C@@H]1NC(=O)[C@H](CO)NC(=O)[C@@H](NC(=O)CN2CCOc3ccccc3C2)Cc2ccc(cc2)OCCNC(=O)Cn2nc(-c3ccccc3)nc21. The summed E-state index contributed by atoms with van der Waals surface area (Å²) in [6.45, 7) is 2.63. The first-order chi connectivity index (χ1) is 25.2. The number of aliphatic hydroxyl groups is 1. The van der Waals surface area contributed by atoms with Crippen molar-refractivity contribution in [2.24, 2.45) is 0 Å². The molecule has 0 saturated carbocycles. The molecule has 15 nitrogen and oxygen atoms in total. The molecule has 3 aliphatic heterocycles. The van der Waals surface area contributed by atoms with Crippen LogP contribution in [-0.4, -0.2) is 99.9 Å². The summed E-state index contributed by atoms with van der Waals surface area (Å²) in [5.41, 5.74) is 2.40. The van der Waals surface area contributed by atoms with Crippen LogP contribution in [0.5, 0.6) is 11.5 Å². The van der Waals surface area contributed by atoms with Crippen molar-refractivity contribution >= 4 is 23.6 Å². The zero-order valence-electron chi connectivity index (χ0n) is 28.8. The third-order valence-electron chi connectivity index (χ3n) is 8.69. The second-order valence-corrected chi connectivity index (χ2v) is 12.6. The summed E-state index contributed by atoms with van der Waals surface area (Å²) >= 11 is 0. The van der Waals surface area contributed by atoms with E-state index in [1.54, 1.807) is 31.2 Å². The summed E-state index contributed by atoms with van der Waals surface area (Å²) in [5.74, 6) is -0.0781. The van der Waals surface area contributed by atoms with Gasteiger partial charge in [-0.3, -0.25) is 24.1 Å². The van der Waals surface area contributed by atoms with Crippen molar-refractivity contribution in [3.05, 3.63) is 95.8 Å². The number of rotatable bonds is 5. The molecule has 7 rings (SSSR count). The van der Waals surface area contributed by atoms with Crippen molar-refractivity contribution < 1.29 is 33.8 Å². The van der Waals surface area contributed by atoms with Crippen molar-refractivity contribution in [2.45, 2.75) is 44.6 Å². The molecule has 3 aromatic carbocycles. The highest BCUT2D eigenvalue weighted by Crippen LogP contribution is 2.23. The van der Waals surface area contributed by atoms with E-state index >= 15 is 0 Å². The third-order valence-corrected chi connectivity index (χ3v) is 8.69. The van der Waals surface area contributed by atoms with Crippen LogP contribution in [0.2, 0.25) is 0 Å². The first-order valence-corrected chi connectivity index (χ1v) is 17.2. The van der Waals surface area contributed by atoms with Gasteiger partial charge in [0.1, 0.15) is 49.2 Å². The van der Waals surface area contributed by atoms with Crippen LogP contribution in [-0.2, 0) is 38.7 Å². The molecule has 3 atom stereocenters. The van der Waals surface area contributed by atoms with E-state index < -0.39 is 36.5 Å². The van der Waals surface area contributed by atoms with Gasteiger partial charge in [0.05, 0.1) is 25.7 Å². The van der Waals surface area contributed by atoms with Gasteiger partial charge >= 0.3 is 0 Å². The van der Waals surface area contributed by atoms with E-state index in [9.17, 15) is 24.3 Å². The Morgan fingerprint density at radius 3 is 2.48 bits per heavy atom. The quantitative estimate of drug-likeness (QED) is 0.198. The number of para-hydroxylation sites is 1. The molecule has 0 aliphatic carbocycles. The fourth-order valence-electron chi connectivity index (χ4n) is 6.02. The molecule has 5 N–H and O–H groups in total. The van der Waals surface area contributed by atoms with Gasteiger partial charge in [-0.25, -0.2) is 9.67 Å². The van der Waals surface area contributed by atoms with Gasteiger partial charge in [-0.1, -0.05) is 60.7 Å². The van der Waals surface area contributed by atoms with Crippen LogP contribution in [0.3, 0.4) is 0 Å². The summed E-state index contributed by atoms with van der Waals surface area (Å²) in [6.07, 6.45) is 0.0986. The highest BCUT2D eigenvalue weighted by molar-refractivity contribution is 5.92. The molecule has 0 unspecified atom stereocenters. The van der Waals surface area contributed by atoms with Gasteiger partial charge in [0, 0.05) is 30.6 Å². The Labute approximate surface area is 300 Å². The number of nitrogens with zero attached hydrogens (tertiary/aromatic N) is 4. The lowest BCUT2D eigenvalue weighted by atomic mass is 10.0. The number of fused-ring (bicyclic) bond motifs is 15. The minimum Gasteiger partial charge on any atom is -0.492 e. The molecule has 2 bridgehead atoms. The normalized spacial score (nSPS) is 20.4. The Hall–Kier alpha value is -5.80. The van der Waals surface area contributed by atoms with Gasteiger partial charge in [-0.15, -0.1) is 0 Å². The zero-order valence-corrected chi connectivity index (χ0v) is 28.8. The van der Waals surface area contributed by atoms with Gasteiger partial charge in [0.25, 0.3) is 0 Å². The van der Waals surface area contributed by atoms with E-state index in [1.807, 2.05) is 59.5 Å². The highest BCUT2D eigenvalue weighted by Gasteiger charge is 2.30. The van der Waals surface area contributed by atoms with E-state index in [0.717, 1.165) is 16.9 Å². The lowest BCUT2D eigenvalue weighted by molar-refractivity contribution is -0.133. The number of amides is 4. The van der Waals surface area contributed by atoms with E-state index in [0.29, 0.717) is 42.7 Å². The summed E-state index contributed by atoms with van der Waals surface area (Å²) < 4.78 is 13.1. The average molecular weight is 711 g/mol. The minimum atomic E-state index is -1.36. The van der Waals surface area contributed by atoms with E-state index in [4.69, 9.17) is 9.47 Å². The smallest absolute Gasteiger partial charge is 0.245 e. The van der Waals surface area contributed by atoms with Gasteiger partial charge < -0.3 is 35.8 Å². The first-order valence-electron chi connectivity index (χ1n) is 17.2. The molecule has 272 valence electrons. The molecular formula is C37H42N8O7. The van der Waals surface area contributed by atoms with Gasteiger partial charge in [0.2, 0.25) is 23.6 Å². The maximum Gasteiger partial charge on any atom is 0.245 e. The molecule has 0 spiro atoms. The number of hydrogen-bond donors (Lipinski definition) is 5. The third kappa shape index (κ3) is 9.30. The van der Waals surface area contributed by atoms with Crippen LogP contribution in [0.15, 0.2) is 78.9 Å². The van der Waals surface area contributed by atoms with Crippen molar-refractivity contribution in [1.29, 1.82) is 0 Å². The molecule has 52 heavy (non-hydrogen) atoms. The standard InChI is InChI=1S/C37H42N8O7/c1-24-35-42-34(26-7-3-2-4-8-26)43-45(35)22-32(47)38-15-17-51-28-13-11-25(12-14-28)19-29(36(49)41-30(23-46)37(50)39-24)40-33(48)21-44-16-18-52-31-10-6-5-9-27(31)20-44/h2-14,24,29-30,46H,15-23H2,1H3,(H,38,47)(H,39,50)(H,40,48)(H,41,49)/t24-,29-,30-/m0/s1. The van der Waals surface area contributed by atoms with Crippen molar-refractivity contribution in [3.8, 4) is 22.9 Å². The van der Waals surface area contributed by atoms with Gasteiger partial charge in [-0.05, 0) is 30.7 Å². The Morgan fingerprint density at radius 1 is 0.923 bits per heavy atom. The van der Waals surface area contributed by atoms with E-state index in [1.165, 1.54) is 4.68 Å². The fourth-order valence-corrected chi connectivity index (χ4v) is 6.02. The number of carbonyl (C=O) groups excluding carboxylic acids is 4. The number of benzene rings is 3. The largest absolute Gasteiger partial charge is 0.492 e. The molecule has 15 heteroatoms. The second-order valence-electron chi connectivity index (χ2n) is 12.6. The van der Waals surface area contributed by atoms with E-state index in [-0.39, 0.29) is 44.5 Å². The molecule has 0 radical (unpaired) electrons. The summed E-state index contributed by atoms with van der Waals surface area (Å²) in [4.78, 5) is 60.2. The van der Waals surface area contributed by atoms with Crippen molar-refractivity contribution in [3.63, 3.8) is 0 Å². The predicted octanol–water partition coefficient (Wildman–Crippen LogP) is 0.730. The topological polar surface area (TPSA) is 189 Å². The summed E-state index contributed by atoms with van der Waals surface area (Å²) in [6, 6.07) is 20.7. The Morgan fingerprint density at radius 2 is 1.69 bits per heavy atom. The second kappa shape index (κ2) is 16.9. The maximum absolute atomic E-state index is 13.8. The highest BCUT2D eigenvalue weighted by atomic mass is 16.5. The molecule has 3 aliphatic rings. The summed E-state index contributed by atoms with van der Waals surface area (Å²) in [5, 5.41) is 25.9.